The molecule has 1 aromatic rings. The number of hydrogen-bond donors (Lipinski definition) is 1. The van der Waals surface area contributed by atoms with Crippen LogP contribution in [0.15, 0.2) is 24.3 Å². The van der Waals surface area contributed by atoms with E-state index in [-0.39, 0.29) is 16.4 Å². The highest BCUT2D eigenvalue weighted by atomic mass is 16.5. The Kier molecular flexibility index (Phi) is 4.56. The zero-order chi connectivity index (χ0) is 12.9. The first kappa shape index (κ1) is 13.6. The number of phenols is 1. The van der Waals surface area contributed by atoms with Gasteiger partial charge in [0.15, 0.2) is 0 Å². The molecule has 0 aromatic heterocycles. The fraction of sp³-hybridized carbons (Fsp3) is 0.429. The molecule has 92 valence electrons. The van der Waals surface area contributed by atoms with Crippen molar-refractivity contribution in [3.8, 4) is 17.6 Å². The van der Waals surface area contributed by atoms with Crippen LogP contribution in [-0.4, -0.2) is 29.4 Å². The first-order chi connectivity index (χ1) is 7.95. The summed E-state index contributed by atoms with van der Waals surface area (Å²) in [4.78, 5) is 0. The normalized spacial score (nSPS) is 15.5. The van der Waals surface area contributed by atoms with Gasteiger partial charge in [0.2, 0.25) is 0 Å². The third-order valence-corrected chi connectivity index (χ3v) is 2.94. The summed E-state index contributed by atoms with van der Waals surface area (Å²) in [6.45, 7) is 3.95. The summed E-state index contributed by atoms with van der Waals surface area (Å²) in [5, 5.41) is 21.6. The van der Waals surface area contributed by atoms with Crippen molar-refractivity contribution in [2.45, 2.75) is 26.3 Å². The van der Waals surface area contributed by atoms with Gasteiger partial charge in [0, 0.05) is 6.42 Å². The Hall–Kier alpha value is -1.50. The number of benzene rings is 1. The lowest BCUT2D eigenvalue weighted by atomic mass is 10.1. The molecule has 0 bridgehead atoms. The first-order valence-electron chi connectivity index (χ1n) is 5.69. The zero-order valence-corrected chi connectivity index (χ0v) is 10.6. The maximum absolute atomic E-state index is 12.2. The topological polar surface area (TPSA) is 43.3 Å². The molecule has 1 rings (SSSR count). The molecule has 3 heteroatoms. The molecule has 0 fully saturated rings. The van der Waals surface area contributed by atoms with Gasteiger partial charge < -0.3 is 15.0 Å². The second-order valence-corrected chi connectivity index (χ2v) is 4.48. The quantitative estimate of drug-likeness (QED) is 0.492. The molecule has 1 aromatic carbocycles. The Labute approximate surface area is 103 Å². The molecular formula is C14H19NO2. The molecular weight excluding hydrogens is 214 g/mol. The molecule has 2 atom stereocenters. The van der Waals surface area contributed by atoms with Crippen molar-refractivity contribution < 1.29 is 9.75 Å². The molecule has 0 saturated heterocycles. The van der Waals surface area contributed by atoms with E-state index < -0.39 is 0 Å². The van der Waals surface area contributed by atoms with Crippen LogP contribution in [0.2, 0.25) is 0 Å². The van der Waals surface area contributed by atoms with Crippen LogP contribution in [0.1, 0.15) is 19.4 Å². The van der Waals surface area contributed by atoms with Gasteiger partial charge in [0.05, 0.1) is 13.1 Å². The van der Waals surface area contributed by atoms with Crippen molar-refractivity contribution in [3.05, 3.63) is 35.0 Å². The molecule has 0 amide bonds. The Bertz CT molecular complexity index is 429. The summed E-state index contributed by atoms with van der Waals surface area (Å²) < 4.78 is -0.378. The monoisotopic (exact) mass is 233 g/mol. The van der Waals surface area contributed by atoms with Gasteiger partial charge in [0.25, 0.3) is 0 Å². The van der Waals surface area contributed by atoms with E-state index in [9.17, 15) is 10.3 Å². The number of quaternary nitrogens is 1. The zero-order valence-electron chi connectivity index (χ0n) is 10.6. The minimum Gasteiger partial charge on any atom is -0.632 e. The summed E-state index contributed by atoms with van der Waals surface area (Å²) in [6, 6.07) is 6.95. The lowest BCUT2D eigenvalue weighted by molar-refractivity contribution is -0.877. The number of likely N-dealkylation sites (N-methyl/N-ethyl adjacent to an activating group) is 1. The smallest absolute Gasteiger partial charge is 0.140 e. The number of aromatic hydroxyl groups is 1. The molecule has 0 aliphatic carbocycles. The first-order valence-corrected chi connectivity index (χ1v) is 5.69. The molecule has 3 nitrogen and oxygen atoms in total. The molecule has 0 aliphatic heterocycles. The van der Waals surface area contributed by atoms with Gasteiger partial charge in [-0.15, -0.1) is 5.92 Å². The lowest BCUT2D eigenvalue weighted by Gasteiger charge is -2.42. The van der Waals surface area contributed by atoms with Crippen molar-refractivity contribution in [3.63, 3.8) is 0 Å². The molecule has 1 unspecified atom stereocenters. The van der Waals surface area contributed by atoms with Crippen molar-refractivity contribution >= 4 is 0 Å². The van der Waals surface area contributed by atoms with E-state index in [0.29, 0.717) is 13.0 Å². The number of nitrogens with zero attached hydrogens (tertiary/aromatic N) is 1. The Morgan fingerprint density at radius 1 is 1.47 bits per heavy atom. The third-order valence-electron chi connectivity index (χ3n) is 2.94. The molecule has 0 aliphatic rings. The average Bonchev–Trinajstić information content (AvgIpc) is 2.26. The minimum absolute atomic E-state index is 0.0855. The van der Waals surface area contributed by atoms with Gasteiger partial charge in [-0.1, -0.05) is 12.1 Å². The van der Waals surface area contributed by atoms with Crippen molar-refractivity contribution in [1.82, 2.24) is 0 Å². The standard InChI is InChI=1S/C14H19NO2/c1-4-5-9-15(3,17)12(2)10-13-7-6-8-14(16)11-13/h6-8,11-12,16H,9-10H2,1-3H3/t12-,15?/m1/s1. The SMILES string of the molecule is CC#CC[N+](C)([O-])[C@H](C)Cc1cccc(O)c1. The van der Waals surface area contributed by atoms with Crippen LogP contribution in [0.25, 0.3) is 0 Å². The predicted molar refractivity (Wildman–Crippen MR) is 69.1 cm³/mol. The predicted octanol–water partition coefficient (Wildman–Crippen LogP) is 2.29. The Balaban J connectivity index is 2.70. The molecule has 0 saturated carbocycles. The van der Waals surface area contributed by atoms with Crippen LogP contribution in [0.3, 0.4) is 0 Å². The second-order valence-electron chi connectivity index (χ2n) is 4.48. The fourth-order valence-electron chi connectivity index (χ4n) is 1.61. The highest BCUT2D eigenvalue weighted by molar-refractivity contribution is 5.27. The van der Waals surface area contributed by atoms with Crippen molar-refractivity contribution in [1.29, 1.82) is 0 Å². The highest BCUT2D eigenvalue weighted by Gasteiger charge is 2.19. The Morgan fingerprint density at radius 2 is 2.18 bits per heavy atom. The summed E-state index contributed by atoms with van der Waals surface area (Å²) in [5.74, 6) is 5.81. The van der Waals surface area contributed by atoms with Crippen LogP contribution >= 0.6 is 0 Å². The highest BCUT2D eigenvalue weighted by Crippen LogP contribution is 2.17. The van der Waals surface area contributed by atoms with E-state index in [4.69, 9.17) is 0 Å². The van der Waals surface area contributed by atoms with E-state index in [1.807, 2.05) is 13.0 Å². The van der Waals surface area contributed by atoms with E-state index in [0.717, 1.165) is 5.56 Å². The molecule has 0 radical (unpaired) electrons. The van der Waals surface area contributed by atoms with Crippen LogP contribution < -0.4 is 0 Å². The maximum atomic E-state index is 12.2. The van der Waals surface area contributed by atoms with E-state index in [1.54, 1.807) is 32.2 Å². The number of rotatable bonds is 4. The summed E-state index contributed by atoms with van der Waals surface area (Å²) in [6.07, 6.45) is 0.639. The van der Waals surface area contributed by atoms with Crippen molar-refractivity contribution in [2.75, 3.05) is 13.6 Å². The van der Waals surface area contributed by atoms with Crippen LogP contribution in [-0.2, 0) is 6.42 Å². The second kappa shape index (κ2) is 5.72. The van der Waals surface area contributed by atoms with Gasteiger partial charge in [-0.25, -0.2) is 0 Å². The van der Waals surface area contributed by atoms with Gasteiger partial charge in [0.1, 0.15) is 12.3 Å². The van der Waals surface area contributed by atoms with Gasteiger partial charge in [-0.2, -0.15) is 0 Å². The third kappa shape index (κ3) is 4.10. The summed E-state index contributed by atoms with van der Waals surface area (Å²) in [7, 11) is 1.64. The molecule has 1 N–H and O–H groups in total. The van der Waals surface area contributed by atoms with E-state index in [2.05, 4.69) is 11.8 Å². The average molecular weight is 233 g/mol. The summed E-state index contributed by atoms with van der Waals surface area (Å²) in [5.41, 5.74) is 0.974. The number of hydrogen-bond acceptors (Lipinski definition) is 2. The van der Waals surface area contributed by atoms with Crippen molar-refractivity contribution in [2.24, 2.45) is 0 Å². The number of hydroxylamine groups is 3. The lowest BCUT2D eigenvalue weighted by Crippen LogP contribution is -2.46. The maximum Gasteiger partial charge on any atom is 0.140 e. The Morgan fingerprint density at radius 3 is 2.76 bits per heavy atom. The number of phenolic OH excluding ortho intramolecular Hbond substituents is 1. The van der Waals surface area contributed by atoms with E-state index in [1.165, 1.54) is 0 Å². The summed E-state index contributed by atoms with van der Waals surface area (Å²) >= 11 is 0. The van der Waals surface area contributed by atoms with Crippen LogP contribution in [0, 0.1) is 17.0 Å². The van der Waals surface area contributed by atoms with Crippen LogP contribution in [0.4, 0.5) is 0 Å². The molecule has 0 spiro atoms. The fourth-order valence-corrected chi connectivity index (χ4v) is 1.61. The van der Waals surface area contributed by atoms with Gasteiger partial charge >= 0.3 is 0 Å². The van der Waals surface area contributed by atoms with Gasteiger partial charge in [-0.05, 0) is 37.5 Å². The molecule has 0 heterocycles. The van der Waals surface area contributed by atoms with Crippen LogP contribution in [0.5, 0.6) is 5.75 Å². The van der Waals surface area contributed by atoms with Gasteiger partial charge in [-0.3, -0.25) is 0 Å². The molecule has 17 heavy (non-hydrogen) atoms. The minimum atomic E-state index is -0.378. The van der Waals surface area contributed by atoms with E-state index >= 15 is 0 Å². The largest absolute Gasteiger partial charge is 0.632 e.